The van der Waals surface area contributed by atoms with Crippen molar-refractivity contribution in [1.29, 1.82) is 0 Å². The first-order valence-corrected chi connectivity index (χ1v) is 10.1. The zero-order valence-electron chi connectivity index (χ0n) is 14.3. The van der Waals surface area contributed by atoms with Gasteiger partial charge in [-0.3, -0.25) is 0 Å². The van der Waals surface area contributed by atoms with Crippen LogP contribution in [0.3, 0.4) is 0 Å². The molecule has 1 aromatic carbocycles. The monoisotopic (exact) mass is 328 g/mol. The molecule has 0 radical (unpaired) electrons. The molecule has 0 bridgehead atoms. The molecule has 0 saturated carbocycles. The molecule has 0 aliphatic heterocycles. The topological polar surface area (TPSA) is 87.3 Å². The second-order valence-electron chi connectivity index (χ2n) is 6.80. The molecule has 1 aromatic rings. The van der Waals surface area contributed by atoms with Gasteiger partial charge in [-0.05, 0) is 37.2 Å². The largest absolute Gasteiger partial charge is 0.487 e. The highest BCUT2D eigenvalue weighted by atomic mass is 28.4. The fourth-order valence-corrected chi connectivity index (χ4v) is 2.62. The SMILES string of the molecule is CC(CO[Si](C)(C)C(C)(C)C)Oc1ccccc1C(=O)O.O. The van der Waals surface area contributed by atoms with Crippen molar-refractivity contribution in [2.45, 2.75) is 51.9 Å². The lowest BCUT2D eigenvalue weighted by molar-refractivity contribution is 0.0685. The van der Waals surface area contributed by atoms with E-state index in [9.17, 15) is 4.79 Å². The number of para-hydroxylation sites is 1. The first-order valence-electron chi connectivity index (χ1n) is 7.17. The summed E-state index contributed by atoms with van der Waals surface area (Å²) < 4.78 is 11.8. The fourth-order valence-electron chi connectivity index (χ4n) is 1.54. The molecule has 0 aliphatic rings. The molecular weight excluding hydrogens is 300 g/mol. The van der Waals surface area contributed by atoms with Crippen molar-refractivity contribution >= 4 is 14.3 Å². The van der Waals surface area contributed by atoms with Crippen molar-refractivity contribution in [3.05, 3.63) is 29.8 Å². The summed E-state index contributed by atoms with van der Waals surface area (Å²) in [5, 5.41) is 9.28. The zero-order chi connectivity index (χ0) is 16.3. The van der Waals surface area contributed by atoms with E-state index in [1.54, 1.807) is 24.3 Å². The van der Waals surface area contributed by atoms with Crippen LogP contribution >= 0.6 is 0 Å². The van der Waals surface area contributed by atoms with Crippen LogP contribution in [0.5, 0.6) is 5.75 Å². The van der Waals surface area contributed by atoms with Crippen LogP contribution < -0.4 is 4.74 Å². The normalized spacial score (nSPS) is 13.2. The van der Waals surface area contributed by atoms with Gasteiger partial charge in [-0.2, -0.15) is 0 Å². The lowest BCUT2D eigenvalue weighted by atomic mass is 10.2. The standard InChI is InChI=1S/C16H26O4Si.H2O/c1-12(11-19-21(5,6)16(2,3)4)20-14-10-8-7-9-13(14)15(17)18;/h7-10,12H,11H2,1-6H3,(H,17,18);1H2. The van der Waals surface area contributed by atoms with Gasteiger partial charge in [0.15, 0.2) is 8.32 Å². The molecule has 3 N–H and O–H groups in total. The number of rotatable bonds is 6. The Hall–Kier alpha value is -1.37. The molecule has 0 heterocycles. The number of carboxylic acid groups (broad SMARTS) is 1. The minimum atomic E-state index is -1.82. The minimum absolute atomic E-state index is 0. The number of ether oxygens (including phenoxy) is 1. The third-order valence-electron chi connectivity index (χ3n) is 3.93. The quantitative estimate of drug-likeness (QED) is 0.811. The maximum atomic E-state index is 11.1. The van der Waals surface area contributed by atoms with Crippen LogP contribution in [0, 0.1) is 0 Å². The van der Waals surface area contributed by atoms with E-state index in [1.807, 2.05) is 6.92 Å². The third kappa shape index (κ3) is 5.44. The highest BCUT2D eigenvalue weighted by Gasteiger charge is 2.37. The van der Waals surface area contributed by atoms with Crippen LogP contribution in [0.25, 0.3) is 0 Å². The van der Waals surface area contributed by atoms with Crippen LogP contribution in [-0.2, 0) is 4.43 Å². The van der Waals surface area contributed by atoms with Crippen LogP contribution in [0.15, 0.2) is 24.3 Å². The van der Waals surface area contributed by atoms with Gasteiger partial charge in [0, 0.05) is 0 Å². The number of aromatic carboxylic acids is 1. The molecule has 6 heteroatoms. The van der Waals surface area contributed by atoms with Gasteiger partial charge in [0.2, 0.25) is 0 Å². The second-order valence-corrected chi connectivity index (χ2v) is 11.6. The summed E-state index contributed by atoms with van der Waals surface area (Å²) >= 11 is 0. The van der Waals surface area contributed by atoms with Gasteiger partial charge in [-0.1, -0.05) is 32.9 Å². The van der Waals surface area contributed by atoms with Gasteiger partial charge in [-0.25, -0.2) is 4.79 Å². The van der Waals surface area contributed by atoms with Gasteiger partial charge >= 0.3 is 5.97 Å². The molecule has 0 saturated heterocycles. The Labute approximate surface area is 133 Å². The van der Waals surface area contributed by atoms with Crippen molar-refractivity contribution < 1.29 is 24.5 Å². The van der Waals surface area contributed by atoms with E-state index in [2.05, 4.69) is 33.9 Å². The fraction of sp³-hybridized carbons (Fsp3) is 0.562. The number of carboxylic acids is 1. The lowest BCUT2D eigenvalue weighted by Crippen LogP contribution is -2.43. The Kier molecular flexibility index (Phi) is 7.27. The average molecular weight is 328 g/mol. The Bertz CT molecular complexity index is 494. The molecule has 1 atom stereocenters. The van der Waals surface area contributed by atoms with Crippen LogP contribution in [0.2, 0.25) is 18.1 Å². The molecule has 22 heavy (non-hydrogen) atoms. The molecule has 0 aliphatic carbocycles. The van der Waals surface area contributed by atoms with Crippen molar-refractivity contribution in [3.8, 4) is 5.75 Å². The Balaban J connectivity index is 0.00000441. The smallest absolute Gasteiger partial charge is 0.339 e. The Morgan fingerprint density at radius 2 is 1.82 bits per heavy atom. The van der Waals surface area contributed by atoms with Gasteiger partial charge in [0.1, 0.15) is 17.4 Å². The number of hydrogen-bond donors (Lipinski definition) is 1. The molecule has 0 fully saturated rings. The summed E-state index contributed by atoms with van der Waals surface area (Å²) in [4.78, 5) is 11.1. The van der Waals surface area contributed by atoms with Crippen LogP contribution in [-0.4, -0.2) is 37.6 Å². The first-order chi connectivity index (χ1) is 9.54. The number of benzene rings is 1. The maximum absolute atomic E-state index is 11.1. The van der Waals surface area contributed by atoms with E-state index < -0.39 is 14.3 Å². The molecule has 0 aromatic heterocycles. The molecule has 1 rings (SSSR count). The molecule has 126 valence electrons. The summed E-state index contributed by atoms with van der Waals surface area (Å²) in [5.41, 5.74) is 0.177. The van der Waals surface area contributed by atoms with Gasteiger partial charge in [0.25, 0.3) is 0 Å². The van der Waals surface area contributed by atoms with Crippen molar-refractivity contribution in [2.75, 3.05) is 6.61 Å². The van der Waals surface area contributed by atoms with E-state index in [0.717, 1.165) is 0 Å². The molecule has 1 unspecified atom stereocenters. The minimum Gasteiger partial charge on any atom is -0.487 e. The van der Waals surface area contributed by atoms with Crippen LogP contribution in [0.1, 0.15) is 38.1 Å². The Morgan fingerprint density at radius 1 is 1.27 bits per heavy atom. The van der Waals surface area contributed by atoms with E-state index >= 15 is 0 Å². The molecule has 5 nitrogen and oxygen atoms in total. The summed E-state index contributed by atoms with van der Waals surface area (Å²) in [6.45, 7) is 13.3. The zero-order valence-corrected chi connectivity index (χ0v) is 15.3. The second kappa shape index (κ2) is 7.76. The summed E-state index contributed by atoms with van der Waals surface area (Å²) in [7, 11) is -1.82. The van der Waals surface area contributed by atoms with Gasteiger partial charge < -0.3 is 19.7 Å². The predicted molar refractivity (Wildman–Crippen MR) is 90.3 cm³/mol. The van der Waals surface area contributed by atoms with Crippen molar-refractivity contribution in [1.82, 2.24) is 0 Å². The molecular formula is C16H28O5Si. The van der Waals surface area contributed by atoms with E-state index in [-0.39, 0.29) is 22.2 Å². The summed E-state index contributed by atoms with van der Waals surface area (Å²) in [6, 6.07) is 6.67. The van der Waals surface area contributed by atoms with Crippen molar-refractivity contribution in [3.63, 3.8) is 0 Å². The molecule has 0 spiro atoms. The predicted octanol–water partition coefficient (Wildman–Crippen LogP) is 3.35. The van der Waals surface area contributed by atoms with Gasteiger partial charge in [-0.15, -0.1) is 0 Å². The lowest BCUT2D eigenvalue weighted by Gasteiger charge is -2.36. The maximum Gasteiger partial charge on any atom is 0.339 e. The van der Waals surface area contributed by atoms with Crippen molar-refractivity contribution in [2.24, 2.45) is 0 Å². The first kappa shape index (κ1) is 20.6. The third-order valence-corrected chi connectivity index (χ3v) is 8.43. The van der Waals surface area contributed by atoms with E-state index in [0.29, 0.717) is 12.4 Å². The average Bonchev–Trinajstić information content (AvgIpc) is 2.35. The van der Waals surface area contributed by atoms with E-state index in [1.165, 1.54) is 0 Å². The highest BCUT2D eigenvalue weighted by Crippen LogP contribution is 2.36. The number of hydrogen-bond acceptors (Lipinski definition) is 3. The van der Waals surface area contributed by atoms with Crippen LogP contribution in [0.4, 0.5) is 0 Å². The number of carbonyl (C=O) groups is 1. The van der Waals surface area contributed by atoms with E-state index in [4.69, 9.17) is 14.3 Å². The summed E-state index contributed by atoms with van der Waals surface area (Å²) in [6.07, 6.45) is -0.195. The van der Waals surface area contributed by atoms with Gasteiger partial charge in [0.05, 0.1) is 6.61 Å². The molecule has 0 amide bonds. The Morgan fingerprint density at radius 3 is 2.32 bits per heavy atom. The highest BCUT2D eigenvalue weighted by molar-refractivity contribution is 6.74. The summed E-state index contributed by atoms with van der Waals surface area (Å²) in [5.74, 6) is -0.598.